The summed E-state index contributed by atoms with van der Waals surface area (Å²) in [6, 6.07) is 8.08. The van der Waals surface area contributed by atoms with Gasteiger partial charge in [-0.25, -0.2) is 0 Å². The fourth-order valence-corrected chi connectivity index (χ4v) is 1.76. The fraction of sp³-hybridized carbons (Fsp3) is 0.286. The van der Waals surface area contributed by atoms with Gasteiger partial charge < -0.3 is 9.80 Å². The second-order valence-electron chi connectivity index (χ2n) is 4.25. The topological polar surface area (TPSA) is 32.3 Å². The molecule has 0 spiro atoms. The first-order chi connectivity index (χ1) is 8.77. The molecule has 0 atom stereocenters. The average molecular weight is 242 g/mol. The lowest BCUT2D eigenvalue weighted by atomic mass is 10.3. The van der Waals surface area contributed by atoms with Crippen molar-refractivity contribution in [2.75, 3.05) is 37.0 Å². The van der Waals surface area contributed by atoms with E-state index in [0.29, 0.717) is 0 Å². The molecule has 0 unspecified atom stereocenters. The first-order valence-electron chi connectivity index (χ1n) is 5.99. The number of hydrogen-bond acceptors (Lipinski definition) is 4. The molecule has 0 radical (unpaired) electrons. The summed E-state index contributed by atoms with van der Waals surface area (Å²) >= 11 is 0. The summed E-state index contributed by atoms with van der Waals surface area (Å²) in [5.41, 5.74) is 2.38. The van der Waals surface area contributed by atoms with Gasteiger partial charge in [0.05, 0.1) is 0 Å². The molecule has 4 heteroatoms. The van der Waals surface area contributed by atoms with E-state index in [-0.39, 0.29) is 0 Å². The van der Waals surface area contributed by atoms with Crippen LogP contribution in [0.15, 0.2) is 49.1 Å². The zero-order valence-corrected chi connectivity index (χ0v) is 10.8. The highest BCUT2D eigenvalue weighted by Gasteiger charge is 2.03. The summed E-state index contributed by atoms with van der Waals surface area (Å²) in [4.78, 5) is 12.5. The van der Waals surface area contributed by atoms with E-state index in [1.54, 1.807) is 0 Å². The molecule has 4 nitrogen and oxygen atoms in total. The minimum Gasteiger partial charge on any atom is -0.373 e. The van der Waals surface area contributed by atoms with Crippen molar-refractivity contribution in [1.82, 2.24) is 9.97 Å². The van der Waals surface area contributed by atoms with Gasteiger partial charge in [-0.05, 0) is 24.3 Å². The van der Waals surface area contributed by atoms with Crippen LogP contribution in [0.2, 0.25) is 0 Å². The smallest absolute Gasteiger partial charge is 0.0395 e. The molecule has 0 aliphatic heterocycles. The van der Waals surface area contributed by atoms with Crippen LogP contribution < -0.4 is 9.80 Å². The van der Waals surface area contributed by atoms with Gasteiger partial charge in [-0.3, -0.25) is 9.97 Å². The summed E-state index contributed by atoms with van der Waals surface area (Å²) in [6.45, 7) is 1.92. The molecule has 18 heavy (non-hydrogen) atoms. The van der Waals surface area contributed by atoms with Gasteiger partial charge in [-0.1, -0.05) is 0 Å². The van der Waals surface area contributed by atoms with E-state index in [2.05, 4.69) is 33.9 Å². The molecular formula is C14H18N4. The van der Waals surface area contributed by atoms with Crippen LogP contribution in [0.3, 0.4) is 0 Å². The lowest BCUT2D eigenvalue weighted by molar-refractivity contribution is 0.831. The van der Waals surface area contributed by atoms with E-state index < -0.39 is 0 Å². The maximum atomic E-state index is 4.03. The second kappa shape index (κ2) is 6.00. The van der Waals surface area contributed by atoms with Crippen LogP contribution in [0.25, 0.3) is 0 Å². The highest BCUT2D eigenvalue weighted by atomic mass is 15.2. The Kier molecular flexibility index (Phi) is 4.12. The van der Waals surface area contributed by atoms with E-state index in [1.807, 2.05) is 49.1 Å². The molecule has 2 aromatic heterocycles. The van der Waals surface area contributed by atoms with Crippen LogP contribution in [-0.2, 0) is 0 Å². The van der Waals surface area contributed by atoms with Gasteiger partial charge in [0.25, 0.3) is 0 Å². The van der Waals surface area contributed by atoms with Crippen LogP contribution in [0.4, 0.5) is 11.4 Å². The third-order valence-corrected chi connectivity index (χ3v) is 2.98. The van der Waals surface area contributed by atoms with Crippen molar-refractivity contribution in [1.29, 1.82) is 0 Å². The molecule has 2 aromatic rings. The average Bonchev–Trinajstić information content (AvgIpc) is 2.46. The predicted octanol–water partition coefficient (Wildman–Crippen LogP) is 2.05. The Morgan fingerprint density at radius 3 is 1.39 bits per heavy atom. The van der Waals surface area contributed by atoms with Crippen molar-refractivity contribution in [2.45, 2.75) is 0 Å². The Morgan fingerprint density at radius 1 is 0.722 bits per heavy atom. The van der Waals surface area contributed by atoms with Crippen molar-refractivity contribution in [3.05, 3.63) is 49.1 Å². The molecule has 0 aliphatic carbocycles. The third kappa shape index (κ3) is 3.20. The van der Waals surface area contributed by atoms with Crippen LogP contribution >= 0.6 is 0 Å². The number of rotatable bonds is 5. The Balaban J connectivity index is 1.89. The van der Waals surface area contributed by atoms with Gasteiger partial charge in [-0.15, -0.1) is 0 Å². The maximum absolute atomic E-state index is 4.03. The van der Waals surface area contributed by atoms with Crippen LogP contribution in [0.5, 0.6) is 0 Å². The fourth-order valence-electron chi connectivity index (χ4n) is 1.76. The van der Waals surface area contributed by atoms with Crippen molar-refractivity contribution in [3.8, 4) is 0 Å². The van der Waals surface area contributed by atoms with Gasteiger partial charge >= 0.3 is 0 Å². The number of pyridine rings is 2. The summed E-state index contributed by atoms with van der Waals surface area (Å²) in [7, 11) is 4.19. The monoisotopic (exact) mass is 242 g/mol. The number of nitrogens with zero attached hydrogens (tertiary/aromatic N) is 4. The Morgan fingerprint density at radius 2 is 1.06 bits per heavy atom. The highest BCUT2D eigenvalue weighted by Crippen LogP contribution is 2.12. The summed E-state index contributed by atoms with van der Waals surface area (Å²) in [5.74, 6) is 0. The van der Waals surface area contributed by atoms with Gasteiger partial charge in [0.15, 0.2) is 0 Å². The molecule has 2 heterocycles. The number of anilines is 2. The minimum atomic E-state index is 0.961. The van der Waals surface area contributed by atoms with E-state index >= 15 is 0 Å². The van der Waals surface area contributed by atoms with Gasteiger partial charge in [0, 0.05) is 63.3 Å². The first-order valence-corrected chi connectivity index (χ1v) is 5.99. The Bertz CT molecular complexity index is 412. The molecule has 0 fully saturated rings. The maximum Gasteiger partial charge on any atom is 0.0395 e. The molecule has 0 aromatic carbocycles. The van der Waals surface area contributed by atoms with Gasteiger partial charge in [-0.2, -0.15) is 0 Å². The molecule has 0 N–H and O–H groups in total. The van der Waals surface area contributed by atoms with Crippen LogP contribution in [-0.4, -0.2) is 37.2 Å². The normalized spacial score (nSPS) is 10.1. The Labute approximate surface area is 108 Å². The standard InChI is InChI=1S/C14H18N4/c1-17(13-3-7-15-8-4-13)11-12-18(2)14-5-9-16-10-6-14/h3-10H,11-12H2,1-2H3. The summed E-state index contributed by atoms with van der Waals surface area (Å²) in [6.07, 6.45) is 7.27. The van der Waals surface area contributed by atoms with Crippen LogP contribution in [0, 0.1) is 0 Å². The van der Waals surface area contributed by atoms with Crippen molar-refractivity contribution >= 4 is 11.4 Å². The number of likely N-dealkylation sites (N-methyl/N-ethyl adjacent to an activating group) is 2. The van der Waals surface area contributed by atoms with E-state index in [9.17, 15) is 0 Å². The van der Waals surface area contributed by atoms with E-state index in [1.165, 1.54) is 11.4 Å². The third-order valence-electron chi connectivity index (χ3n) is 2.98. The molecule has 0 saturated carbocycles. The Hall–Kier alpha value is -2.10. The molecule has 0 saturated heterocycles. The van der Waals surface area contributed by atoms with Crippen LogP contribution in [0.1, 0.15) is 0 Å². The van der Waals surface area contributed by atoms with Crippen molar-refractivity contribution in [3.63, 3.8) is 0 Å². The molecular weight excluding hydrogens is 224 g/mol. The van der Waals surface area contributed by atoms with Gasteiger partial charge in [0.2, 0.25) is 0 Å². The largest absolute Gasteiger partial charge is 0.373 e. The minimum absolute atomic E-state index is 0.961. The highest BCUT2D eigenvalue weighted by molar-refractivity contribution is 5.46. The molecule has 94 valence electrons. The SMILES string of the molecule is CN(CCN(C)c1ccncc1)c1ccncc1. The lowest BCUT2D eigenvalue weighted by Crippen LogP contribution is -2.30. The zero-order chi connectivity index (χ0) is 12.8. The van der Waals surface area contributed by atoms with Crippen molar-refractivity contribution in [2.24, 2.45) is 0 Å². The molecule has 0 amide bonds. The molecule has 2 rings (SSSR count). The number of hydrogen-bond donors (Lipinski definition) is 0. The van der Waals surface area contributed by atoms with Crippen molar-refractivity contribution < 1.29 is 0 Å². The van der Waals surface area contributed by atoms with E-state index in [4.69, 9.17) is 0 Å². The lowest BCUT2D eigenvalue weighted by Gasteiger charge is -2.24. The zero-order valence-electron chi connectivity index (χ0n) is 10.8. The quantitative estimate of drug-likeness (QED) is 0.803. The molecule has 0 bridgehead atoms. The first kappa shape index (κ1) is 12.4. The second-order valence-corrected chi connectivity index (χ2v) is 4.25. The number of aromatic nitrogens is 2. The van der Waals surface area contributed by atoms with Gasteiger partial charge in [0.1, 0.15) is 0 Å². The molecule has 0 aliphatic rings. The predicted molar refractivity (Wildman–Crippen MR) is 75.0 cm³/mol. The van der Waals surface area contributed by atoms with E-state index in [0.717, 1.165) is 13.1 Å². The summed E-state index contributed by atoms with van der Waals surface area (Å²) in [5, 5.41) is 0. The summed E-state index contributed by atoms with van der Waals surface area (Å²) < 4.78 is 0.